The van der Waals surface area contributed by atoms with Crippen molar-refractivity contribution in [2.45, 2.75) is 16.7 Å². The Kier molecular flexibility index (Phi) is 6.41. The third-order valence-corrected chi connectivity index (χ3v) is 5.15. The molecule has 7 heteroatoms. The normalized spacial score (nSPS) is 10.8. The van der Waals surface area contributed by atoms with Crippen LogP contribution >= 0.6 is 11.8 Å². The number of nitro benzene ring substituents is 1. The molecule has 3 aromatic rings. The van der Waals surface area contributed by atoms with Crippen LogP contribution in [0.5, 0.6) is 0 Å². The Bertz CT molecular complexity index is 1060. The van der Waals surface area contributed by atoms with E-state index in [4.69, 9.17) is 0 Å². The maximum Gasteiger partial charge on any atom is 0.337 e. The molecule has 0 saturated carbocycles. The molecule has 6 nitrogen and oxygen atoms in total. The first-order chi connectivity index (χ1) is 14.0. The van der Waals surface area contributed by atoms with E-state index in [1.165, 1.54) is 24.9 Å². The first-order valence-electron chi connectivity index (χ1n) is 8.71. The Morgan fingerprint density at radius 2 is 1.76 bits per heavy atom. The molecule has 0 saturated heterocycles. The van der Waals surface area contributed by atoms with E-state index in [9.17, 15) is 14.9 Å². The van der Waals surface area contributed by atoms with Crippen LogP contribution in [0.2, 0.25) is 0 Å². The summed E-state index contributed by atoms with van der Waals surface area (Å²) < 4.78 is 4.66. The van der Waals surface area contributed by atoms with E-state index >= 15 is 0 Å². The van der Waals surface area contributed by atoms with Gasteiger partial charge in [0.2, 0.25) is 0 Å². The van der Waals surface area contributed by atoms with E-state index in [2.05, 4.69) is 9.73 Å². The molecule has 0 spiro atoms. The van der Waals surface area contributed by atoms with Crippen molar-refractivity contribution >= 4 is 35.3 Å². The lowest BCUT2D eigenvalue weighted by Gasteiger charge is -2.05. The number of nitrogens with zero attached hydrogens (tertiary/aromatic N) is 2. The molecule has 3 rings (SSSR count). The van der Waals surface area contributed by atoms with Gasteiger partial charge in [-0.25, -0.2) is 4.79 Å². The second kappa shape index (κ2) is 9.16. The Morgan fingerprint density at radius 3 is 2.38 bits per heavy atom. The summed E-state index contributed by atoms with van der Waals surface area (Å²) in [6, 6.07) is 19.4. The minimum Gasteiger partial charge on any atom is -0.465 e. The summed E-state index contributed by atoms with van der Waals surface area (Å²) in [5, 5.41) is 11.5. The number of hydrogen-bond acceptors (Lipinski definition) is 6. The number of esters is 1. The molecule has 0 N–H and O–H groups in total. The van der Waals surface area contributed by atoms with Gasteiger partial charge in [0.05, 0.1) is 28.2 Å². The molecule has 0 atom stereocenters. The quantitative estimate of drug-likeness (QED) is 0.231. The molecule has 0 unspecified atom stereocenters. The first-order valence-corrected chi connectivity index (χ1v) is 9.53. The number of hydrogen-bond donors (Lipinski definition) is 0. The average Bonchev–Trinajstić information content (AvgIpc) is 2.74. The number of nitro groups is 1. The van der Waals surface area contributed by atoms with Crippen LogP contribution in [0.25, 0.3) is 0 Å². The van der Waals surface area contributed by atoms with Crippen LogP contribution < -0.4 is 0 Å². The van der Waals surface area contributed by atoms with Gasteiger partial charge in [-0.05, 0) is 55.0 Å². The summed E-state index contributed by atoms with van der Waals surface area (Å²) in [5.41, 5.74) is 2.83. The van der Waals surface area contributed by atoms with Gasteiger partial charge >= 0.3 is 5.97 Å². The lowest BCUT2D eigenvalue weighted by Crippen LogP contribution is -1.99. The summed E-state index contributed by atoms with van der Waals surface area (Å²) in [6.45, 7) is 1.99. The average molecular weight is 406 g/mol. The van der Waals surface area contributed by atoms with Crippen molar-refractivity contribution in [3.63, 3.8) is 0 Å². The molecule has 3 aromatic carbocycles. The molecule has 0 aliphatic rings. The highest BCUT2D eigenvalue weighted by molar-refractivity contribution is 7.99. The molecular formula is C22H18N2O4S. The molecule has 0 aliphatic carbocycles. The van der Waals surface area contributed by atoms with Crippen molar-refractivity contribution in [2.24, 2.45) is 4.99 Å². The van der Waals surface area contributed by atoms with Crippen LogP contribution in [-0.2, 0) is 4.74 Å². The van der Waals surface area contributed by atoms with Crippen molar-refractivity contribution < 1.29 is 14.5 Å². The van der Waals surface area contributed by atoms with Crippen LogP contribution in [0, 0.1) is 17.0 Å². The molecule has 0 fully saturated rings. The van der Waals surface area contributed by atoms with Gasteiger partial charge in [-0.3, -0.25) is 15.1 Å². The smallest absolute Gasteiger partial charge is 0.337 e. The predicted molar refractivity (Wildman–Crippen MR) is 113 cm³/mol. The van der Waals surface area contributed by atoms with Crippen molar-refractivity contribution in [2.75, 3.05) is 7.11 Å². The van der Waals surface area contributed by atoms with Gasteiger partial charge in [-0.1, -0.05) is 35.5 Å². The lowest BCUT2D eigenvalue weighted by atomic mass is 10.2. The zero-order valence-corrected chi connectivity index (χ0v) is 16.7. The minimum absolute atomic E-state index is 0.0283. The van der Waals surface area contributed by atoms with Crippen molar-refractivity contribution in [3.05, 3.63) is 93.5 Å². The molecule has 0 heterocycles. The molecule has 0 bridgehead atoms. The number of aliphatic imine (C=N–C) groups is 1. The molecule has 0 radical (unpaired) electrons. The SMILES string of the molecule is COC(=O)c1ccc(N=Cc2ccc(Sc3ccc(C)cc3)c([N+](=O)[O-])c2)cc1. The van der Waals surface area contributed by atoms with Crippen LogP contribution in [0.1, 0.15) is 21.5 Å². The first kappa shape index (κ1) is 20.3. The fraction of sp³-hybridized carbons (Fsp3) is 0.0909. The third-order valence-electron chi connectivity index (χ3n) is 4.08. The van der Waals surface area contributed by atoms with E-state index in [0.717, 1.165) is 10.5 Å². The summed E-state index contributed by atoms with van der Waals surface area (Å²) >= 11 is 1.35. The highest BCUT2D eigenvalue weighted by Gasteiger charge is 2.15. The van der Waals surface area contributed by atoms with Crippen LogP contribution in [-0.4, -0.2) is 24.2 Å². The molecule has 0 aromatic heterocycles. The standard InChI is InChI=1S/C22H18N2O4S/c1-15-3-10-19(11-4-15)29-21-12-5-16(13-20(21)24(26)27)14-23-18-8-6-17(7-9-18)22(25)28-2/h3-14H,1-2H3. The monoisotopic (exact) mass is 406 g/mol. The van der Waals surface area contributed by atoms with Gasteiger partial charge in [-0.15, -0.1) is 0 Å². The fourth-order valence-electron chi connectivity index (χ4n) is 2.53. The van der Waals surface area contributed by atoms with Gasteiger partial charge in [0, 0.05) is 17.2 Å². The molecule has 146 valence electrons. The zero-order chi connectivity index (χ0) is 20.8. The van der Waals surface area contributed by atoms with E-state index in [-0.39, 0.29) is 10.6 Å². The Balaban J connectivity index is 1.80. The number of benzene rings is 3. The highest BCUT2D eigenvalue weighted by Crippen LogP contribution is 2.35. The van der Waals surface area contributed by atoms with E-state index in [1.807, 2.05) is 31.2 Å². The number of methoxy groups -OCH3 is 1. The van der Waals surface area contributed by atoms with Gasteiger partial charge in [0.1, 0.15) is 0 Å². The Morgan fingerprint density at radius 1 is 1.07 bits per heavy atom. The maximum atomic E-state index is 11.5. The number of carbonyl (C=O) groups is 1. The summed E-state index contributed by atoms with van der Waals surface area (Å²) in [5.74, 6) is -0.419. The van der Waals surface area contributed by atoms with Crippen molar-refractivity contribution in [3.8, 4) is 0 Å². The van der Waals surface area contributed by atoms with Crippen LogP contribution in [0.3, 0.4) is 0 Å². The predicted octanol–water partition coefficient (Wildman–Crippen LogP) is 5.59. The summed E-state index contributed by atoms with van der Waals surface area (Å²) in [4.78, 5) is 28.4. The number of carbonyl (C=O) groups excluding carboxylic acids is 1. The Labute approximate surface area is 172 Å². The second-order valence-corrected chi connectivity index (χ2v) is 7.31. The zero-order valence-electron chi connectivity index (χ0n) is 15.9. The second-order valence-electron chi connectivity index (χ2n) is 6.20. The van der Waals surface area contributed by atoms with Crippen molar-refractivity contribution in [1.82, 2.24) is 0 Å². The van der Waals surface area contributed by atoms with E-state index in [0.29, 0.717) is 21.7 Å². The molecular weight excluding hydrogens is 388 g/mol. The highest BCUT2D eigenvalue weighted by atomic mass is 32.2. The maximum absolute atomic E-state index is 11.5. The topological polar surface area (TPSA) is 81.8 Å². The Hall–Kier alpha value is -3.45. The van der Waals surface area contributed by atoms with Crippen molar-refractivity contribution in [1.29, 1.82) is 0 Å². The molecule has 0 aliphatic heterocycles. The largest absolute Gasteiger partial charge is 0.465 e. The number of ether oxygens (including phenoxy) is 1. The summed E-state index contributed by atoms with van der Waals surface area (Å²) in [6.07, 6.45) is 1.56. The van der Waals surface area contributed by atoms with Crippen LogP contribution in [0.15, 0.2) is 81.5 Å². The fourth-order valence-corrected chi connectivity index (χ4v) is 3.43. The molecule has 0 amide bonds. The van der Waals surface area contributed by atoms with Crippen LogP contribution in [0.4, 0.5) is 11.4 Å². The van der Waals surface area contributed by atoms with Gasteiger partial charge in [0.15, 0.2) is 0 Å². The van der Waals surface area contributed by atoms with Gasteiger partial charge in [-0.2, -0.15) is 0 Å². The number of rotatable bonds is 6. The van der Waals surface area contributed by atoms with Gasteiger partial charge in [0.25, 0.3) is 5.69 Å². The minimum atomic E-state index is -0.419. The molecule has 29 heavy (non-hydrogen) atoms. The lowest BCUT2D eigenvalue weighted by molar-refractivity contribution is -0.387. The third kappa shape index (κ3) is 5.30. The van der Waals surface area contributed by atoms with E-state index < -0.39 is 5.97 Å². The van der Waals surface area contributed by atoms with Gasteiger partial charge < -0.3 is 4.74 Å². The van der Waals surface area contributed by atoms with E-state index in [1.54, 1.807) is 42.6 Å². The summed E-state index contributed by atoms with van der Waals surface area (Å²) in [7, 11) is 1.32. The number of aryl methyl sites for hydroxylation is 1.